The molecule has 1 fully saturated rings. The number of hydrogen-bond acceptors (Lipinski definition) is 1. The summed E-state index contributed by atoms with van der Waals surface area (Å²) in [7, 11) is 0. The maximum atomic E-state index is 9.03. The van der Waals surface area contributed by atoms with E-state index in [4.69, 9.17) is 5.26 Å². The summed E-state index contributed by atoms with van der Waals surface area (Å²) in [5.41, 5.74) is 0.501. The van der Waals surface area contributed by atoms with Crippen molar-refractivity contribution in [3.8, 4) is 6.07 Å². The predicted molar refractivity (Wildman–Crippen MR) is 55.2 cm³/mol. The molecule has 0 heterocycles. The molecule has 74 valence electrons. The Hall–Kier alpha value is -0.510. The number of rotatable bonds is 5. The van der Waals surface area contributed by atoms with Crippen molar-refractivity contribution in [1.29, 1.82) is 5.26 Å². The maximum Gasteiger partial charge on any atom is 0.0689 e. The summed E-state index contributed by atoms with van der Waals surface area (Å²) >= 11 is 0. The van der Waals surface area contributed by atoms with Crippen molar-refractivity contribution in [3.05, 3.63) is 0 Å². The van der Waals surface area contributed by atoms with Crippen LogP contribution in [-0.2, 0) is 0 Å². The van der Waals surface area contributed by atoms with Crippen LogP contribution in [0.15, 0.2) is 0 Å². The molecule has 0 N–H and O–H groups in total. The highest BCUT2D eigenvalue weighted by atomic mass is 14.5. The van der Waals surface area contributed by atoms with Gasteiger partial charge in [-0.2, -0.15) is 5.26 Å². The van der Waals surface area contributed by atoms with Gasteiger partial charge in [-0.25, -0.2) is 0 Å². The molecule has 0 bridgehead atoms. The van der Waals surface area contributed by atoms with Gasteiger partial charge >= 0.3 is 0 Å². The van der Waals surface area contributed by atoms with Gasteiger partial charge in [0, 0.05) is 0 Å². The molecule has 0 aromatic carbocycles. The van der Waals surface area contributed by atoms with Crippen molar-refractivity contribution < 1.29 is 0 Å². The molecular formula is C12H21N. The standard InChI is InChI=1S/C12H21N/c1-4-6-11(3,5-2)9-12(10-13)7-8-12/h4-9H2,1-3H3. The molecular weight excluding hydrogens is 158 g/mol. The van der Waals surface area contributed by atoms with E-state index in [0.717, 1.165) is 19.3 Å². The molecule has 1 atom stereocenters. The lowest BCUT2D eigenvalue weighted by molar-refractivity contribution is 0.222. The lowest BCUT2D eigenvalue weighted by atomic mass is 9.74. The second kappa shape index (κ2) is 3.70. The fourth-order valence-electron chi connectivity index (χ4n) is 2.29. The van der Waals surface area contributed by atoms with Crippen LogP contribution in [-0.4, -0.2) is 0 Å². The van der Waals surface area contributed by atoms with Gasteiger partial charge < -0.3 is 0 Å². The van der Waals surface area contributed by atoms with Crippen molar-refractivity contribution in [2.75, 3.05) is 0 Å². The highest BCUT2D eigenvalue weighted by Crippen LogP contribution is 2.54. The molecule has 1 saturated carbocycles. The summed E-state index contributed by atoms with van der Waals surface area (Å²) < 4.78 is 0. The molecule has 1 unspecified atom stereocenters. The van der Waals surface area contributed by atoms with E-state index in [-0.39, 0.29) is 5.41 Å². The van der Waals surface area contributed by atoms with Crippen LogP contribution in [0.2, 0.25) is 0 Å². The first-order valence-corrected chi connectivity index (χ1v) is 5.51. The Balaban J connectivity index is 2.53. The van der Waals surface area contributed by atoms with Crippen molar-refractivity contribution >= 4 is 0 Å². The first kappa shape index (κ1) is 10.6. The van der Waals surface area contributed by atoms with Gasteiger partial charge in [0.05, 0.1) is 11.5 Å². The Morgan fingerprint density at radius 2 is 2.00 bits per heavy atom. The molecule has 1 rings (SSSR count). The average Bonchev–Trinajstić information content (AvgIpc) is 2.86. The SMILES string of the molecule is CCCC(C)(CC)CC1(C#N)CC1. The summed E-state index contributed by atoms with van der Waals surface area (Å²) in [6.07, 6.45) is 7.13. The molecule has 0 saturated heterocycles. The van der Waals surface area contributed by atoms with Crippen LogP contribution in [0, 0.1) is 22.2 Å². The average molecular weight is 179 g/mol. The second-order valence-electron chi connectivity index (χ2n) is 4.98. The monoisotopic (exact) mass is 179 g/mol. The summed E-state index contributed by atoms with van der Waals surface area (Å²) in [6, 6.07) is 2.50. The van der Waals surface area contributed by atoms with Gasteiger partial charge in [0.2, 0.25) is 0 Å². The summed E-state index contributed by atoms with van der Waals surface area (Å²) in [4.78, 5) is 0. The first-order valence-electron chi connectivity index (χ1n) is 5.51. The van der Waals surface area contributed by atoms with Crippen molar-refractivity contribution in [2.45, 2.75) is 59.3 Å². The molecule has 1 nitrogen and oxygen atoms in total. The fraction of sp³-hybridized carbons (Fsp3) is 0.917. The van der Waals surface area contributed by atoms with Crippen molar-refractivity contribution in [2.24, 2.45) is 10.8 Å². The van der Waals surface area contributed by atoms with Gasteiger partial charge in [0.15, 0.2) is 0 Å². The van der Waals surface area contributed by atoms with Gasteiger partial charge in [-0.15, -0.1) is 0 Å². The lowest BCUT2D eigenvalue weighted by Crippen LogP contribution is -2.19. The van der Waals surface area contributed by atoms with Crippen LogP contribution in [0.25, 0.3) is 0 Å². The third-order valence-electron chi connectivity index (χ3n) is 3.56. The minimum absolute atomic E-state index is 0.0833. The molecule has 0 aromatic heterocycles. The van der Waals surface area contributed by atoms with E-state index in [2.05, 4.69) is 26.8 Å². The predicted octanol–water partition coefficient (Wildman–Crippen LogP) is 3.90. The van der Waals surface area contributed by atoms with E-state index >= 15 is 0 Å². The Kier molecular flexibility index (Phi) is 3.01. The molecule has 13 heavy (non-hydrogen) atoms. The number of nitrogens with zero attached hydrogens (tertiary/aromatic N) is 1. The van der Waals surface area contributed by atoms with Crippen LogP contribution in [0.1, 0.15) is 59.3 Å². The highest BCUT2D eigenvalue weighted by Gasteiger charge is 2.47. The smallest absolute Gasteiger partial charge is 0.0689 e. The normalized spacial score (nSPS) is 23.2. The maximum absolute atomic E-state index is 9.03. The van der Waals surface area contributed by atoms with Crippen LogP contribution < -0.4 is 0 Å². The minimum atomic E-state index is 0.0833. The van der Waals surface area contributed by atoms with E-state index < -0.39 is 0 Å². The molecule has 1 aliphatic carbocycles. The van der Waals surface area contributed by atoms with E-state index in [9.17, 15) is 0 Å². The van der Waals surface area contributed by atoms with Crippen LogP contribution >= 0.6 is 0 Å². The summed E-state index contributed by atoms with van der Waals surface area (Å²) in [6.45, 7) is 6.83. The molecule has 0 amide bonds. The molecule has 0 aliphatic heterocycles. The Bertz CT molecular complexity index is 210. The van der Waals surface area contributed by atoms with Crippen LogP contribution in [0.3, 0.4) is 0 Å². The Morgan fingerprint density at radius 3 is 2.31 bits per heavy atom. The van der Waals surface area contributed by atoms with E-state index in [0.29, 0.717) is 5.41 Å². The van der Waals surface area contributed by atoms with Gasteiger partial charge in [0.25, 0.3) is 0 Å². The van der Waals surface area contributed by atoms with E-state index in [1.54, 1.807) is 0 Å². The third kappa shape index (κ3) is 2.46. The largest absolute Gasteiger partial charge is 0.198 e. The Labute approximate surface area is 82.1 Å². The quantitative estimate of drug-likeness (QED) is 0.628. The second-order valence-corrected chi connectivity index (χ2v) is 4.98. The zero-order valence-corrected chi connectivity index (χ0v) is 9.19. The van der Waals surface area contributed by atoms with E-state index in [1.165, 1.54) is 19.3 Å². The third-order valence-corrected chi connectivity index (χ3v) is 3.56. The van der Waals surface area contributed by atoms with Crippen molar-refractivity contribution in [1.82, 2.24) is 0 Å². The number of hydrogen-bond donors (Lipinski definition) is 0. The minimum Gasteiger partial charge on any atom is -0.198 e. The summed E-state index contributed by atoms with van der Waals surface area (Å²) in [5.74, 6) is 0. The zero-order chi connectivity index (χ0) is 9.95. The molecule has 1 aliphatic rings. The van der Waals surface area contributed by atoms with Gasteiger partial charge in [-0.3, -0.25) is 0 Å². The fourth-order valence-corrected chi connectivity index (χ4v) is 2.29. The lowest BCUT2D eigenvalue weighted by Gasteiger charge is -2.30. The highest BCUT2D eigenvalue weighted by molar-refractivity contribution is 5.11. The first-order chi connectivity index (χ1) is 6.10. The molecule has 0 aromatic rings. The number of nitriles is 1. The zero-order valence-electron chi connectivity index (χ0n) is 9.19. The molecule has 1 heteroatoms. The topological polar surface area (TPSA) is 23.8 Å². The Morgan fingerprint density at radius 1 is 1.38 bits per heavy atom. The molecule has 0 spiro atoms. The summed E-state index contributed by atoms with van der Waals surface area (Å²) in [5, 5.41) is 9.03. The van der Waals surface area contributed by atoms with Gasteiger partial charge in [0.1, 0.15) is 0 Å². The van der Waals surface area contributed by atoms with Gasteiger partial charge in [-0.05, 0) is 31.1 Å². The van der Waals surface area contributed by atoms with Crippen molar-refractivity contribution in [3.63, 3.8) is 0 Å². The van der Waals surface area contributed by atoms with Crippen LogP contribution in [0.5, 0.6) is 0 Å². The van der Waals surface area contributed by atoms with E-state index in [1.807, 2.05) is 0 Å². The van der Waals surface area contributed by atoms with Crippen LogP contribution in [0.4, 0.5) is 0 Å². The molecule has 0 radical (unpaired) electrons. The van der Waals surface area contributed by atoms with Gasteiger partial charge in [-0.1, -0.05) is 33.6 Å².